The predicted molar refractivity (Wildman–Crippen MR) is 131 cm³/mol. The Labute approximate surface area is 220 Å². The van der Waals surface area contributed by atoms with Crippen LogP contribution in [0.4, 0.5) is 27.6 Å². The number of alkyl halides is 5. The van der Waals surface area contributed by atoms with Crippen molar-refractivity contribution in [1.29, 1.82) is 0 Å². The van der Waals surface area contributed by atoms with Gasteiger partial charge >= 0.3 is 18.1 Å². The van der Waals surface area contributed by atoms with Gasteiger partial charge in [0.05, 0.1) is 16.8 Å². The highest BCUT2D eigenvalue weighted by Crippen LogP contribution is 2.45. The molecule has 2 aromatic rings. The minimum Gasteiger partial charge on any atom is -0.482 e. The molecule has 1 heterocycles. The lowest BCUT2D eigenvalue weighted by molar-refractivity contribution is -0.157. The number of carbonyl (C=O) groups excluding carboxylic acids is 2. The summed E-state index contributed by atoms with van der Waals surface area (Å²) in [5.41, 5.74) is -4.99. The van der Waals surface area contributed by atoms with Crippen molar-refractivity contribution >= 4 is 29.1 Å². The Bertz CT molecular complexity index is 1330. The van der Waals surface area contributed by atoms with Crippen LogP contribution >= 0.6 is 0 Å². The third-order valence-electron chi connectivity index (χ3n) is 5.72. The number of anilines is 1. The maximum Gasteiger partial charge on any atom is 0.417 e. The van der Waals surface area contributed by atoms with Crippen molar-refractivity contribution in [3.8, 4) is 5.75 Å². The number of halogens is 5. The molecule has 0 aliphatic carbocycles. The largest absolute Gasteiger partial charge is 0.482 e. The number of nitrogens with zero attached hydrogens (tertiary/aromatic N) is 1. The number of aliphatic carboxylic acids is 1. The highest BCUT2D eigenvalue weighted by molar-refractivity contribution is 6.10. The molecule has 1 aliphatic rings. The lowest BCUT2D eigenvalue weighted by atomic mass is 9.93. The van der Waals surface area contributed by atoms with Crippen LogP contribution in [0.3, 0.4) is 0 Å². The number of fused-ring (bicyclic) bond motifs is 1. The van der Waals surface area contributed by atoms with E-state index < -0.39 is 77.4 Å². The van der Waals surface area contributed by atoms with E-state index in [0.29, 0.717) is 6.07 Å². The molecule has 0 bridgehead atoms. The van der Waals surface area contributed by atoms with Crippen LogP contribution in [0.1, 0.15) is 55.6 Å². The van der Waals surface area contributed by atoms with Gasteiger partial charge in [-0.2, -0.15) is 13.2 Å². The molecule has 0 saturated heterocycles. The standard InChI is InChI=1S/C27H26F5NO6/c1-15(24(36)37)22-18-7-5-6-8-20(18)33(12-11-26(22,28)29)23(35)17-10-9-16(13-19(17)27(30,31)32)38-14-21(34)39-25(2,3)4/h5-10,13H,11-12,14H2,1-4H3,(H,36,37)/b22-15-. The second kappa shape index (κ2) is 10.7. The zero-order valence-corrected chi connectivity index (χ0v) is 21.5. The van der Waals surface area contributed by atoms with E-state index in [-0.39, 0.29) is 17.0 Å². The molecule has 2 aromatic carbocycles. The topological polar surface area (TPSA) is 93.1 Å². The molecule has 0 saturated carbocycles. The Morgan fingerprint density at radius 3 is 2.28 bits per heavy atom. The Kier molecular flexibility index (Phi) is 8.09. The Balaban J connectivity index is 2.05. The van der Waals surface area contributed by atoms with Gasteiger partial charge in [-0.25, -0.2) is 18.4 Å². The van der Waals surface area contributed by atoms with Crippen molar-refractivity contribution in [3.63, 3.8) is 0 Å². The monoisotopic (exact) mass is 555 g/mol. The maximum absolute atomic E-state index is 15.1. The molecule has 0 radical (unpaired) electrons. The molecule has 210 valence electrons. The molecule has 0 aromatic heterocycles. The minimum absolute atomic E-state index is 0.159. The number of rotatable bonds is 5. The molecule has 12 heteroatoms. The number of carboxylic acids is 1. The molecular weight excluding hydrogens is 529 g/mol. The van der Waals surface area contributed by atoms with E-state index in [1.165, 1.54) is 24.3 Å². The molecular formula is C27H26F5NO6. The molecule has 0 atom stereocenters. The van der Waals surface area contributed by atoms with Crippen LogP contribution in [0.5, 0.6) is 5.75 Å². The second-order valence-corrected chi connectivity index (χ2v) is 9.81. The number of carboxylic acid groups (broad SMARTS) is 1. The van der Waals surface area contributed by atoms with Gasteiger partial charge in [0.2, 0.25) is 0 Å². The number of ether oxygens (including phenoxy) is 2. The Morgan fingerprint density at radius 2 is 1.69 bits per heavy atom. The van der Waals surface area contributed by atoms with E-state index >= 15 is 8.78 Å². The summed E-state index contributed by atoms with van der Waals surface area (Å²) < 4.78 is 82.5. The number of esters is 1. The summed E-state index contributed by atoms with van der Waals surface area (Å²) in [5, 5.41) is 9.38. The van der Waals surface area contributed by atoms with E-state index in [9.17, 15) is 32.7 Å². The number of para-hydroxylation sites is 1. The van der Waals surface area contributed by atoms with Crippen LogP contribution < -0.4 is 9.64 Å². The average Bonchev–Trinajstić information content (AvgIpc) is 2.93. The Hall–Kier alpha value is -3.96. The van der Waals surface area contributed by atoms with Crippen LogP contribution in [0, 0.1) is 0 Å². The quantitative estimate of drug-likeness (QED) is 0.278. The average molecular weight is 555 g/mol. The van der Waals surface area contributed by atoms with Crippen LogP contribution in [0.2, 0.25) is 0 Å². The van der Waals surface area contributed by atoms with Crippen molar-refractivity contribution in [3.05, 3.63) is 64.7 Å². The summed E-state index contributed by atoms with van der Waals surface area (Å²) in [6.07, 6.45) is -6.07. The number of allylic oxidation sites excluding steroid dienone is 1. The first kappa shape index (κ1) is 29.6. The van der Waals surface area contributed by atoms with Gasteiger partial charge < -0.3 is 19.5 Å². The summed E-state index contributed by atoms with van der Waals surface area (Å²) in [4.78, 5) is 37.7. The van der Waals surface area contributed by atoms with E-state index in [1.54, 1.807) is 20.8 Å². The summed E-state index contributed by atoms with van der Waals surface area (Å²) in [6.45, 7) is 4.43. The Morgan fingerprint density at radius 1 is 1.05 bits per heavy atom. The first-order valence-electron chi connectivity index (χ1n) is 11.7. The van der Waals surface area contributed by atoms with E-state index in [2.05, 4.69) is 0 Å². The lowest BCUT2D eigenvalue weighted by Crippen LogP contribution is -2.34. The molecule has 39 heavy (non-hydrogen) atoms. The summed E-state index contributed by atoms with van der Waals surface area (Å²) in [6, 6.07) is 7.62. The van der Waals surface area contributed by atoms with Crippen LogP contribution in [-0.4, -0.2) is 47.6 Å². The smallest absolute Gasteiger partial charge is 0.417 e. The van der Waals surface area contributed by atoms with Crippen molar-refractivity contribution in [2.45, 2.75) is 51.8 Å². The van der Waals surface area contributed by atoms with Crippen LogP contribution in [-0.2, 0) is 20.5 Å². The SMILES string of the molecule is C/C(C(=O)O)=C1\c2ccccc2N(C(=O)c2ccc(OCC(=O)OC(C)(C)C)cc2C(F)(F)F)CCC1(F)F. The van der Waals surface area contributed by atoms with Crippen molar-refractivity contribution in [2.75, 3.05) is 18.1 Å². The van der Waals surface area contributed by atoms with E-state index in [0.717, 1.165) is 24.0 Å². The normalized spacial score (nSPS) is 16.6. The van der Waals surface area contributed by atoms with Crippen LogP contribution in [0.15, 0.2) is 48.0 Å². The van der Waals surface area contributed by atoms with E-state index in [4.69, 9.17) is 9.47 Å². The third-order valence-corrected chi connectivity index (χ3v) is 5.72. The molecule has 7 nitrogen and oxygen atoms in total. The summed E-state index contributed by atoms with van der Waals surface area (Å²) >= 11 is 0. The first-order valence-corrected chi connectivity index (χ1v) is 11.7. The second-order valence-electron chi connectivity index (χ2n) is 9.81. The fraction of sp³-hybridized carbons (Fsp3) is 0.370. The van der Waals surface area contributed by atoms with E-state index in [1.807, 2.05) is 0 Å². The minimum atomic E-state index is -5.05. The lowest BCUT2D eigenvalue weighted by Gasteiger charge is -2.25. The number of benzene rings is 2. The number of hydrogen-bond donors (Lipinski definition) is 1. The molecule has 1 aliphatic heterocycles. The van der Waals surface area contributed by atoms with Crippen molar-refractivity contribution < 1.29 is 50.9 Å². The van der Waals surface area contributed by atoms with Gasteiger partial charge in [-0.3, -0.25) is 4.79 Å². The molecule has 3 rings (SSSR count). The maximum atomic E-state index is 15.1. The van der Waals surface area contributed by atoms with Gasteiger partial charge in [0, 0.05) is 29.7 Å². The molecule has 0 fully saturated rings. The number of amides is 1. The van der Waals surface area contributed by atoms with Gasteiger partial charge in [-0.15, -0.1) is 0 Å². The van der Waals surface area contributed by atoms with Gasteiger partial charge in [0.1, 0.15) is 11.4 Å². The highest BCUT2D eigenvalue weighted by Gasteiger charge is 2.44. The highest BCUT2D eigenvalue weighted by atomic mass is 19.4. The van der Waals surface area contributed by atoms with Gasteiger partial charge in [-0.1, -0.05) is 18.2 Å². The van der Waals surface area contributed by atoms with Crippen molar-refractivity contribution in [1.82, 2.24) is 0 Å². The summed E-state index contributed by atoms with van der Waals surface area (Å²) in [5.74, 6) is -7.69. The number of carbonyl (C=O) groups is 3. The molecule has 0 unspecified atom stereocenters. The number of hydrogen-bond acceptors (Lipinski definition) is 5. The van der Waals surface area contributed by atoms with Gasteiger partial charge in [-0.05, 0) is 52.0 Å². The fourth-order valence-electron chi connectivity index (χ4n) is 4.10. The zero-order valence-electron chi connectivity index (χ0n) is 21.5. The van der Waals surface area contributed by atoms with Crippen LogP contribution in [0.25, 0.3) is 5.57 Å². The molecule has 1 N–H and O–H groups in total. The predicted octanol–water partition coefficient (Wildman–Crippen LogP) is 5.97. The first-order chi connectivity index (χ1) is 17.9. The summed E-state index contributed by atoms with van der Waals surface area (Å²) in [7, 11) is 0. The van der Waals surface area contributed by atoms with Crippen molar-refractivity contribution in [2.24, 2.45) is 0 Å². The van der Waals surface area contributed by atoms with Gasteiger partial charge in [0.15, 0.2) is 6.61 Å². The fourth-order valence-corrected chi connectivity index (χ4v) is 4.10. The third kappa shape index (κ3) is 6.73. The van der Waals surface area contributed by atoms with Gasteiger partial charge in [0.25, 0.3) is 11.8 Å². The zero-order chi connectivity index (χ0) is 29.3. The molecule has 0 spiro atoms. The molecule has 1 amide bonds.